The zero-order valence-electron chi connectivity index (χ0n) is 14.6. The van der Waals surface area contributed by atoms with Crippen LogP contribution in [0.1, 0.15) is 27.2 Å². The number of fused-ring (bicyclic) bond motifs is 1. The number of carbonyl (C=O) groups is 1. The first-order valence-corrected chi connectivity index (χ1v) is 8.36. The van der Waals surface area contributed by atoms with Gasteiger partial charge in [-0.2, -0.15) is 0 Å². The molecule has 5 heteroatoms. The van der Waals surface area contributed by atoms with Crippen LogP contribution < -0.4 is 10.1 Å². The summed E-state index contributed by atoms with van der Waals surface area (Å²) < 4.78 is 5.93. The average Bonchev–Trinajstić information content (AvgIpc) is 2.61. The molecule has 0 saturated carbocycles. The Hall–Kier alpha value is -2.95. The molecular formula is C20H21N3O2. The van der Waals surface area contributed by atoms with E-state index in [1.54, 1.807) is 0 Å². The van der Waals surface area contributed by atoms with Crippen LogP contribution in [0.25, 0.3) is 22.0 Å². The molecule has 3 aromatic rings. The van der Waals surface area contributed by atoms with Gasteiger partial charge in [0.15, 0.2) is 0 Å². The molecule has 1 unspecified atom stereocenters. The molecule has 0 saturated heterocycles. The van der Waals surface area contributed by atoms with Crippen LogP contribution in [0.5, 0.6) is 5.88 Å². The molecule has 0 radical (unpaired) electrons. The molecule has 128 valence electrons. The number of ether oxygens (including phenoxy) is 1. The highest BCUT2D eigenvalue weighted by molar-refractivity contribution is 5.90. The number of rotatable bonds is 5. The fourth-order valence-corrected chi connectivity index (χ4v) is 2.53. The Balaban J connectivity index is 1.97. The van der Waals surface area contributed by atoms with Gasteiger partial charge in [0.1, 0.15) is 6.33 Å². The Morgan fingerprint density at radius 3 is 2.52 bits per heavy atom. The maximum Gasteiger partial charge on any atom is 0.224 e. The highest BCUT2D eigenvalue weighted by Gasteiger charge is 2.10. The first-order chi connectivity index (χ1) is 12.1. The molecule has 1 aromatic heterocycles. The third-order valence-electron chi connectivity index (χ3n) is 4.03. The number of hydrogen-bond acceptors (Lipinski definition) is 4. The fourth-order valence-electron chi connectivity index (χ4n) is 2.53. The van der Waals surface area contributed by atoms with Crippen molar-refractivity contribution in [2.45, 2.75) is 33.3 Å². The lowest BCUT2D eigenvalue weighted by atomic mass is 10.0. The van der Waals surface area contributed by atoms with Crippen molar-refractivity contribution in [2.24, 2.45) is 0 Å². The summed E-state index contributed by atoms with van der Waals surface area (Å²) in [5.41, 5.74) is 3.73. The van der Waals surface area contributed by atoms with Gasteiger partial charge in [-0.3, -0.25) is 4.79 Å². The van der Waals surface area contributed by atoms with E-state index in [1.165, 1.54) is 13.3 Å². The Labute approximate surface area is 147 Å². The van der Waals surface area contributed by atoms with Crippen molar-refractivity contribution < 1.29 is 9.53 Å². The second-order valence-electron chi connectivity index (χ2n) is 6.01. The monoisotopic (exact) mass is 335 g/mol. The molecule has 1 heterocycles. The van der Waals surface area contributed by atoms with Gasteiger partial charge < -0.3 is 10.1 Å². The number of benzene rings is 2. The highest BCUT2D eigenvalue weighted by Crippen LogP contribution is 2.29. The van der Waals surface area contributed by atoms with Crippen LogP contribution in [0.2, 0.25) is 0 Å². The van der Waals surface area contributed by atoms with Gasteiger partial charge in [-0.05, 0) is 48.7 Å². The molecule has 0 aliphatic carbocycles. The lowest BCUT2D eigenvalue weighted by Crippen LogP contribution is -2.11. The van der Waals surface area contributed by atoms with Crippen molar-refractivity contribution in [2.75, 3.05) is 5.32 Å². The quantitative estimate of drug-likeness (QED) is 0.749. The number of anilines is 1. The minimum Gasteiger partial charge on any atom is -0.474 e. The maximum atomic E-state index is 11.1. The van der Waals surface area contributed by atoms with E-state index in [2.05, 4.69) is 22.2 Å². The predicted molar refractivity (Wildman–Crippen MR) is 99.7 cm³/mol. The topological polar surface area (TPSA) is 64.1 Å². The van der Waals surface area contributed by atoms with Crippen LogP contribution >= 0.6 is 0 Å². The zero-order valence-corrected chi connectivity index (χ0v) is 14.6. The van der Waals surface area contributed by atoms with Gasteiger partial charge >= 0.3 is 0 Å². The maximum absolute atomic E-state index is 11.1. The molecule has 1 N–H and O–H groups in total. The molecule has 0 fully saturated rings. The van der Waals surface area contributed by atoms with Gasteiger partial charge in [0.25, 0.3) is 0 Å². The average molecular weight is 335 g/mol. The lowest BCUT2D eigenvalue weighted by molar-refractivity contribution is -0.114. The molecule has 0 spiro atoms. The van der Waals surface area contributed by atoms with Crippen molar-refractivity contribution in [1.29, 1.82) is 0 Å². The molecular weight excluding hydrogens is 314 g/mol. The van der Waals surface area contributed by atoms with Crippen LogP contribution in [0.4, 0.5) is 5.69 Å². The summed E-state index contributed by atoms with van der Waals surface area (Å²) in [5.74, 6) is 0.526. The normalized spacial score (nSPS) is 12.0. The minimum atomic E-state index is -0.0811. The van der Waals surface area contributed by atoms with Crippen LogP contribution in [0.3, 0.4) is 0 Å². The van der Waals surface area contributed by atoms with E-state index in [9.17, 15) is 4.79 Å². The summed E-state index contributed by atoms with van der Waals surface area (Å²) in [4.78, 5) is 19.7. The van der Waals surface area contributed by atoms with Gasteiger partial charge in [-0.25, -0.2) is 9.97 Å². The third-order valence-corrected chi connectivity index (χ3v) is 4.03. The number of nitrogens with one attached hydrogen (secondary N) is 1. The van der Waals surface area contributed by atoms with E-state index in [0.29, 0.717) is 5.88 Å². The summed E-state index contributed by atoms with van der Waals surface area (Å²) in [6.07, 6.45) is 2.54. The minimum absolute atomic E-state index is 0.0811. The van der Waals surface area contributed by atoms with E-state index in [0.717, 1.165) is 34.1 Å². The van der Waals surface area contributed by atoms with Crippen molar-refractivity contribution in [3.63, 3.8) is 0 Å². The molecule has 3 rings (SSSR count). The van der Waals surface area contributed by atoms with Gasteiger partial charge in [-0.1, -0.05) is 25.1 Å². The predicted octanol–water partition coefficient (Wildman–Crippen LogP) is 4.43. The molecule has 25 heavy (non-hydrogen) atoms. The number of carbonyl (C=O) groups excluding carboxylic acids is 1. The molecule has 0 bridgehead atoms. The number of hydrogen-bond donors (Lipinski definition) is 1. The summed E-state index contributed by atoms with van der Waals surface area (Å²) >= 11 is 0. The van der Waals surface area contributed by atoms with E-state index < -0.39 is 0 Å². The number of nitrogens with zero attached hydrogens (tertiary/aromatic N) is 2. The van der Waals surface area contributed by atoms with Gasteiger partial charge in [-0.15, -0.1) is 0 Å². The van der Waals surface area contributed by atoms with E-state index in [1.807, 2.05) is 49.4 Å². The standard InChI is InChI=1S/C20H21N3O2/c1-4-13(2)25-20-18-11-16(7-10-19(18)21-12-22-20)15-5-8-17(9-6-15)23-14(3)24/h5-13H,4H2,1-3H3,(H,23,24). The number of amides is 1. The Bertz CT molecular complexity index is 891. The van der Waals surface area contributed by atoms with Crippen molar-refractivity contribution >= 4 is 22.5 Å². The van der Waals surface area contributed by atoms with Crippen LogP contribution in [0, 0.1) is 0 Å². The molecule has 1 amide bonds. The first-order valence-electron chi connectivity index (χ1n) is 8.36. The van der Waals surface area contributed by atoms with E-state index >= 15 is 0 Å². The lowest BCUT2D eigenvalue weighted by Gasteiger charge is -2.13. The van der Waals surface area contributed by atoms with Crippen LogP contribution in [0.15, 0.2) is 48.8 Å². The second kappa shape index (κ2) is 7.30. The van der Waals surface area contributed by atoms with Crippen molar-refractivity contribution in [3.8, 4) is 17.0 Å². The SMILES string of the molecule is CCC(C)Oc1ncnc2ccc(-c3ccc(NC(C)=O)cc3)cc12. The van der Waals surface area contributed by atoms with Gasteiger partial charge in [0.05, 0.1) is 17.0 Å². The first kappa shape index (κ1) is 16.9. The van der Waals surface area contributed by atoms with Crippen LogP contribution in [-0.2, 0) is 4.79 Å². The van der Waals surface area contributed by atoms with E-state index in [-0.39, 0.29) is 12.0 Å². The summed E-state index contributed by atoms with van der Waals surface area (Å²) in [6.45, 7) is 5.60. The van der Waals surface area contributed by atoms with Crippen molar-refractivity contribution in [1.82, 2.24) is 9.97 Å². The fraction of sp³-hybridized carbons (Fsp3) is 0.250. The second-order valence-corrected chi connectivity index (χ2v) is 6.01. The Kier molecular flexibility index (Phi) is 4.93. The summed E-state index contributed by atoms with van der Waals surface area (Å²) in [7, 11) is 0. The molecule has 0 aliphatic rings. The van der Waals surface area contributed by atoms with Crippen molar-refractivity contribution in [3.05, 3.63) is 48.8 Å². The summed E-state index contributed by atoms with van der Waals surface area (Å²) in [5, 5.41) is 3.67. The zero-order chi connectivity index (χ0) is 17.8. The third kappa shape index (κ3) is 3.94. The van der Waals surface area contributed by atoms with Gasteiger partial charge in [0.2, 0.25) is 11.8 Å². The Morgan fingerprint density at radius 2 is 1.84 bits per heavy atom. The molecule has 0 aliphatic heterocycles. The van der Waals surface area contributed by atoms with Gasteiger partial charge in [0, 0.05) is 12.6 Å². The highest BCUT2D eigenvalue weighted by atomic mass is 16.5. The summed E-state index contributed by atoms with van der Waals surface area (Å²) in [6, 6.07) is 13.8. The van der Waals surface area contributed by atoms with E-state index in [4.69, 9.17) is 4.74 Å². The Morgan fingerprint density at radius 1 is 1.12 bits per heavy atom. The largest absolute Gasteiger partial charge is 0.474 e. The molecule has 2 aromatic carbocycles. The van der Waals surface area contributed by atoms with Crippen LogP contribution in [-0.4, -0.2) is 22.0 Å². The number of aromatic nitrogens is 2. The molecule has 1 atom stereocenters. The molecule has 5 nitrogen and oxygen atoms in total. The smallest absolute Gasteiger partial charge is 0.224 e.